The van der Waals surface area contributed by atoms with Crippen LogP contribution in [0.4, 0.5) is 0 Å². The van der Waals surface area contributed by atoms with Crippen LogP contribution in [0.15, 0.2) is 0 Å². The Labute approximate surface area is 108 Å². The Hall–Kier alpha value is -0.0800. The molecule has 0 unspecified atom stereocenters. The van der Waals surface area contributed by atoms with Crippen LogP contribution in [0.1, 0.15) is 66.7 Å². The van der Waals surface area contributed by atoms with Gasteiger partial charge < -0.3 is 9.47 Å². The lowest BCUT2D eigenvalue weighted by Gasteiger charge is -2.22. The number of ether oxygens (including phenoxy) is 2. The minimum Gasteiger partial charge on any atom is -0.352 e. The van der Waals surface area contributed by atoms with Gasteiger partial charge in [0, 0.05) is 0 Å². The molecule has 17 heavy (non-hydrogen) atoms. The second kappa shape index (κ2) is 11.0. The Morgan fingerprint density at radius 2 is 0.941 bits per heavy atom. The standard InChI is InChI=1S/C15H32O2/c1-6-13(7-2)11-16-15(10-5)17-12-14(8-3)9-4/h13-15H,6-12H2,1-5H3. The number of hydrogen-bond acceptors (Lipinski definition) is 2. The molecule has 0 rings (SSSR count). The zero-order valence-electron chi connectivity index (χ0n) is 12.5. The molecule has 104 valence electrons. The second-order valence-corrected chi connectivity index (χ2v) is 4.87. The predicted molar refractivity (Wildman–Crippen MR) is 74.1 cm³/mol. The van der Waals surface area contributed by atoms with Crippen molar-refractivity contribution in [3.8, 4) is 0 Å². The maximum absolute atomic E-state index is 5.85. The quantitative estimate of drug-likeness (QED) is 0.493. The zero-order valence-corrected chi connectivity index (χ0v) is 12.5. The molecule has 0 N–H and O–H groups in total. The van der Waals surface area contributed by atoms with Crippen molar-refractivity contribution in [2.45, 2.75) is 73.0 Å². The van der Waals surface area contributed by atoms with E-state index in [0.29, 0.717) is 11.8 Å². The summed E-state index contributed by atoms with van der Waals surface area (Å²) in [6.07, 6.45) is 5.72. The van der Waals surface area contributed by atoms with Crippen LogP contribution < -0.4 is 0 Å². The van der Waals surface area contributed by atoms with Crippen molar-refractivity contribution in [1.82, 2.24) is 0 Å². The lowest BCUT2D eigenvalue weighted by atomic mass is 10.1. The molecule has 0 aliphatic rings. The van der Waals surface area contributed by atoms with Gasteiger partial charge >= 0.3 is 0 Å². The molecular formula is C15H32O2. The van der Waals surface area contributed by atoms with E-state index in [9.17, 15) is 0 Å². The molecule has 0 aliphatic carbocycles. The van der Waals surface area contributed by atoms with E-state index < -0.39 is 0 Å². The molecule has 0 spiro atoms. The molecule has 0 saturated carbocycles. The fourth-order valence-electron chi connectivity index (χ4n) is 1.82. The van der Waals surface area contributed by atoms with Crippen LogP contribution in [0.3, 0.4) is 0 Å². The average Bonchev–Trinajstić information content (AvgIpc) is 2.38. The van der Waals surface area contributed by atoms with Crippen molar-refractivity contribution in [2.75, 3.05) is 13.2 Å². The number of rotatable bonds is 11. The van der Waals surface area contributed by atoms with E-state index in [-0.39, 0.29) is 6.29 Å². The summed E-state index contributed by atoms with van der Waals surface area (Å²) in [5.41, 5.74) is 0. The third-order valence-corrected chi connectivity index (χ3v) is 3.68. The Balaban J connectivity index is 3.82. The summed E-state index contributed by atoms with van der Waals surface area (Å²) >= 11 is 0. The molecule has 0 aromatic rings. The summed E-state index contributed by atoms with van der Waals surface area (Å²) in [6.45, 7) is 12.7. The van der Waals surface area contributed by atoms with Crippen LogP contribution in [0.2, 0.25) is 0 Å². The van der Waals surface area contributed by atoms with Gasteiger partial charge in [-0.1, -0.05) is 60.3 Å². The fraction of sp³-hybridized carbons (Fsp3) is 1.00. The molecule has 0 amide bonds. The zero-order chi connectivity index (χ0) is 13.1. The molecule has 0 heterocycles. The van der Waals surface area contributed by atoms with Crippen molar-refractivity contribution < 1.29 is 9.47 Å². The first-order valence-corrected chi connectivity index (χ1v) is 7.44. The smallest absolute Gasteiger partial charge is 0.157 e. The van der Waals surface area contributed by atoms with Gasteiger partial charge in [0.2, 0.25) is 0 Å². The van der Waals surface area contributed by atoms with E-state index >= 15 is 0 Å². The van der Waals surface area contributed by atoms with E-state index in [1.54, 1.807) is 0 Å². The Morgan fingerprint density at radius 3 is 1.18 bits per heavy atom. The summed E-state index contributed by atoms with van der Waals surface area (Å²) in [7, 11) is 0. The molecular weight excluding hydrogens is 212 g/mol. The molecule has 0 radical (unpaired) electrons. The van der Waals surface area contributed by atoms with Gasteiger partial charge in [-0.05, 0) is 18.3 Å². The van der Waals surface area contributed by atoms with Crippen LogP contribution in [0, 0.1) is 11.8 Å². The highest BCUT2D eigenvalue weighted by molar-refractivity contribution is 4.56. The first-order valence-electron chi connectivity index (χ1n) is 7.44. The molecule has 0 aliphatic heterocycles. The molecule has 0 aromatic carbocycles. The van der Waals surface area contributed by atoms with E-state index in [1.807, 2.05) is 0 Å². The fourth-order valence-corrected chi connectivity index (χ4v) is 1.82. The highest BCUT2D eigenvalue weighted by Gasteiger charge is 2.12. The monoisotopic (exact) mass is 244 g/mol. The Bertz CT molecular complexity index is 135. The molecule has 0 saturated heterocycles. The molecule has 2 heteroatoms. The van der Waals surface area contributed by atoms with Gasteiger partial charge in [0.25, 0.3) is 0 Å². The van der Waals surface area contributed by atoms with Crippen LogP contribution in [0.25, 0.3) is 0 Å². The van der Waals surface area contributed by atoms with Crippen LogP contribution in [-0.4, -0.2) is 19.5 Å². The van der Waals surface area contributed by atoms with Gasteiger partial charge in [0.05, 0.1) is 13.2 Å². The first-order chi connectivity index (χ1) is 8.21. The van der Waals surface area contributed by atoms with Crippen molar-refractivity contribution >= 4 is 0 Å². The molecule has 0 bridgehead atoms. The van der Waals surface area contributed by atoms with Gasteiger partial charge in [-0.3, -0.25) is 0 Å². The number of hydrogen-bond donors (Lipinski definition) is 0. The largest absolute Gasteiger partial charge is 0.352 e. The van der Waals surface area contributed by atoms with Gasteiger partial charge in [-0.15, -0.1) is 0 Å². The van der Waals surface area contributed by atoms with E-state index in [0.717, 1.165) is 19.6 Å². The summed E-state index contributed by atoms with van der Waals surface area (Å²) < 4.78 is 11.7. The van der Waals surface area contributed by atoms with E-state index in [4.69, 9.17) is 9.47 Å². The summed E-state index contributed by atoms with van der Waals surface area (Å²) in [5.74, 6) is 1.36. The van der Waals surface area contributed by atoms with E-state index in [1.165, 1.54) is 25.7 Å². The molecule has 0 atom stereocenters. The highest BCUT2D eigenvalue weighted by atomic mass is 16.7. The lowest BCUT2D eigenvalue weighted by molar-refractivity contribution is -0.158. The van der Waals surface area contributed by atoms with Crippen molar-refractivity contribution in [3.05, 3.63) is 0 Å². The third kappa shape index (κ3) is 7.77. The van der Waals surface area contributed by atoms with Crippen molar-refractivity contribution in [3.63, 3.8) is 0 Å². The van der Waals surface area contributed by atoms with Crippen LogP contribution in [0.5, 0.6) is 0 Å². The lowest BCUT2D eigenvalue weighted by Crippen LogP contribution is -2.23. The van der Waals surface area contributed by atoms with Crippen LogP contribution in [-0.2, 0) is 9.47 Å². The first kappa shape index (κ1) is 16.9. The second-order valence-electron chi connectivity index (χ2n) is 4.87. The third-order valence-electron chi connectivity index (χ3n) is 3.68. The minimum atomic E-state index is -0.00352. The van der Waals surface area contributed by atoms with Gasteiger partial charge in [0.15, 0.2) is 6.29 Å². The van der Waals surface area contributed by atoms with Gasteiger partial charge in [-0.2, -0.15) is 0 Å². The normalized spacial score (nSPS) is 12.0. The highest BCUT2D eigenvalue weighted by Crippen LogP contribution is 2.14. The maximum Gasteiger partial charge on any atom is 0.157 e. The Kier molecular flexibility index (Phi) is 11.0. The van der Waals surface area contributed by atoms with Crippen LogP contribution >= 0.6 is 0 Å². The minimum absolute atomic E-state index is 0.00352. The molecule has 0 fully saturated rings. The predicted octanol–water partition coefficient (Wildman–Crippen LogP) is 4.63. The summed E-state index contributed by atoms with van der Waals surface area (Å²) in [4.78, 5) is 0. The summed E-state index contributed by atoms with van der Waals surface area (Å²) in [6, 6.07) is 0. The Morgan fingerprint density at radius 1 is 0.588 bits per heavy atom. The average molecular weight is 244 g/mol. The van der Waals surface area contributed by atoms with Gasteiger partial charge in [0.1, 0.15) is 0 Å². The molecule has 0 aromatic heterocycles. The van der Waals surface area contributed by atoms with E-state index in [2.05, 4.69) is 34.6 Å². The topological polar surface area (TPSA) is 18.5 Å². The van der Waals surface area contributed by atoms with Crippen molar-refractivity contribution in [2.24, 2.45) is 11.8 Å². The van der Waals surface area contributed by atoms with Gasteiger partial charge in [-0.25, -0.2) is 0 Å². The molecule has 2 nitrogen and oxygen atoms in total. The summed E-state index contributed by atoms with van der Waals surface area (Å²) in [5, 5.41) is 0. The SMILES string of the molecule is CCC(CC)COC(CC)OCC(CC)CC. The maximum atomic E-state index is 5.85. The van der Waals surface area contributed by atoms with Crippen molar-refractivity contribution in [1.29, 1.82) is 0 Å².